The number of carbonyl (C=O) groups excluding carboxylic acids is 2. The van der Waals surface area contributed by atoms with Gasteiger partial charge < -0.3 is 4.90 Å². The van der Waals surface area contributed by atoms with Crippen molar-refractivity contribution in [3.8, 4) is 0 Å². The molecule has 2 unspecified atom stereocenters. The molecule has 4 heteroatoms. The molecule has 0 aromatic heterocycles. The molecule has 1 aromatic carbocycles. The Morgan fingerprint density at radius 1 is 1.17 bits per heavy atom. The summed E-state index contributed by atoms with van der Waals surface area (Å²) in [7, 11) is 0. The molecule has 3 rings (SSSR count). The van der Waals surface area contributed by atoms with E-state index in [4.69, 9.17) is 0 Å². The van der Waals surface area contributed by atoms with Crippen molar-refractivity contribution in [2.45, 2.75) is 25.8 Å². The molecule has 2 heterocycles. The topological polar surface area (TPSA) is 40.6 Å². The van der Waals surface area contributed by atoms with Crippen LogP contribution in [0.2, 0.25) is 0 Å². The Morgan fingerprint density at radius 3 is 2.56 bits per heavy atom. The van der Waals surface area contributed by atoms with E-state index in [1.807, 2.05) is 18.2 Å². The summed E-state index contributed by atoms with van der Waals surface area (Å²) >= 11 is 0. The van der Waals surface area contributed by atoms with Crippen molar-refractivity contribution in [1.29, 1.82) is 0 Å². The highest BCUT2D eigenvalue weighted by molar-refractivity contribution is 6.21. The molecule has 18 heavy (non-hydrogen) atoms. The van der Waals surface area contributed by atoms with Gasteiger partial charge in [0.05, 0.1) is 5.69 Å². The molecule has 2 atom stereocenters. The number of anilines is 1. The van der Waals surface area contributed by atoms with Crippen molar-refractivity contribution < 1.29 is 9.59 Å². The molecule has 0 radical (unpaired) electrons. The minimum atomic E-state index is -0.258. The Labute approximate surface area is 106 Å². The highest BCUT2D eigenvalue weighted by Crippen LogP contribution is 2.33. The smallest absolute Gasteiger partial charge is 0.312 e. The van der Waals surface area contributed by atoms with Gasteiger partial charge in [0.15, 0.2) is 0 Å². The quantitative estimate of drug-likeness (QED) is 0.711. The van der Waals surface area contributed by atoms with Crippen LogP contribution < -0.4 is 4.90 Å². The SMILES string of the molecule is CC1CCCN2C(=O)N(c3ccccc3)C(=O)C12. The van der Waals surface area contributed by atoms with E-state index in [0.29, 0.717) is 12.2 Å². The van der Waals surface area contributed by atoms with Gasteiger partial charge in [-0.25, -0.2) is 9.69 Å². The van der Waals surface area contributed by atoms with Crippen LogP contribution in [0, 0.1) is 5.92 Å². The van der Waals surface area contributed by atoms with E-state index < -0.39 is 0 Å². The van der Waals surface area contributed by atoms with Crippen molar-refractivity contribution in [3.05, 3.63) is 30.3 Å². The molecule has 0 aliphatic carbocycles. The second-order valence-corrected chi connectivity index (χ2v) is 5.05. The number of nitrogens with zero attached hydrogens (tertiary/aromatic N) is 2. The van der Waals surface area contributed by atoms with Gasteiger partial charge in [0, 0.05) is 6.54 Å². The van der Waals surface area contributed by atoms with Crippen LogP contribution >= 0.6 is 0 Å². The molecule has 1 aromatic rings. The molecule has 94 valence electrons. The molecule has 3 amide bonds. The Hall–Kier alpha value is -1.84. The van der Waals surface area contributed by atoms with Crippen LogP contribution in [0.15, 0.2) is 30.3 Å². The average molecular weight is 244 g/mol. The number of hydrogen-bond acceptors (Lipinski definition) is 2. The first-order chi connectivity index (χ1) is 8.70. The molecule has 2 aliphatic rings. The summed E-state index contributed by atoms with van der Waals surface area (Å²) < 4.78 is 0. The molecular weight excluding hydrogens is 228 g/mol. The number of amides is 3. The third-order valence-electron chi connectivity index (χ3n) is 3.86. The number of imide groups is 1. The van der Waals surface area contributed by atoms with E-state index >= 15 is 0 Å². The molecule has 4 nitrogen and oxygen atoms in total. The van der Waals surface area contributed by atoms with Crippen molar-refractivity contribution in [2.24, 2.45) is 5.92 Å². The van der Waals surface area contributed by atoms with Crippen molar-refractivity contribution in [1.82, 2.24) is 4.90 Å². The molecular formula is C14H16N2O2. The Kier molecular flexibility index (Phi) is 2.58. The molecule has 0 spiro atoms. The summed E-state index contributed by atoms with van der Waals surface area (Å²) in [6, 6.07) is 8.75. The summed E-state index contributed by atoms with van der Waals surface area (Å²) in [6.07, 6.45) is 2.00. The van der Waals surface area contributed by atoms with Crippen molar-refractivity contribution >= 4 is 17.6 Å². The zero-order chi connectivity index (χ0) is 12.7. The van der Waals surface area contributed by atoms with Crippen LogP contribution in [0.1, 0.15) is 19.8 Å². The highest BCUT2D eigenvalue weighted by Gasteiger charge is 2.49. The van der Waals surface area contributed by atoms with Crippen LogP contribution in [-0.4, -0.2) is 29.4 Å². The second-order valence-electron chi connectivity index (χ2n) is 5.05. The first kappa shape index (κ1) is 11.3. The second kappa shape index (κ2) is 4.12. The fourth-order valence-electron chi connectivity index (χ4n) is 2.95. The first-order valence-electron chi connectivity index (χ1n) is 6.40. The van der Waals surface area contributed by atoms with Gasteiger partial charge >= 0.3 is 6.03 Å². The van der Waals surface area contributed by atoms with E-state index in [0.717, 1.165) is 12.8 Å². The third-order valence-corrected chi connectivity index (χ3v) is 3.86. The number of benzene rings is 1. The number of rotatable bonds is 1. The normalized spacial score (nSPS) is 27.6. The Bertz CT molecular complexity index is 486. The highest BCUT2D eigenvalue weighted by atomic mass is 16.2. The number of para-hydroxylation sites is 1. The summed E-state index contributed by atoms with van der Waals surface area (Å²) in [5.41, 5.74) is 0.675. The predicted molar refractivity (Wildman–Crippen MR) is 68.2 cm³/mol. The Balaban J connectivity index is 1.98. The van der Waals surface area contributed by atoms with Gasteiger partial charge in [-0.15, -0.1) is 0 Å². The van der Waals surface area contributed by atoms with E-state index in [2.05, 4.69) is 6.92 Å². The lowest BCUT2D eigenvalue weighted by atomic mass is 9.91. The largest absolute Gasteiger partial charge is 0.332 e. The molecule has 2 aliphatic heterocycles. The minimum Gasteiger partial charge on any atom is -0.312 e. The van der Waals surface area contributed by atoms with Crippen LogP contribution in [-0.2, 0) is 4.79 Å². The third kappa shape index (κ3) is 1.52. The van der Waals surface area contributed by atoms with E-state index in [-0.39, 0.29) is 23.9 Å². The number of piperidine rings is 1. The maximum atomic E-state index is 12.4. The molecule has 0 N–H and O–H groups in total. The van der Waals surface area contributed by atoms with Gasteiger partial charge in [-0.2, -0.15) is 0 Å². The summed E-state index contributed by atoms with van der Waals surface area (Å²) in [5, 5.41) is 0. The number of carbonyl (C=O) groups is 2. The van der Waals surface area contributed by atoms with E-state index in [1.54, 1.807) is 17.0 Å². The van der Waals surface area contributed by atoms with Gasteiger partial charge in [0.25, 0.3) is 5.91 Å². The summed E-state index contributed by atoms with van der Waals surface area (Å²) in [5.74, 6) is 0.183. The Morgan fingerprint density at radius 2 is 1.89 bits per heavy atom. The summed E-state index contributed by atoms with van der Waals surface area (Å²) in [4.78, 5) is 27.8. The summed E-state index contributed by atoms with van der Waals surface area (Å²) in [6.45, 7) is 2.75. The van der Waals surface area contributed by atoms with Gasteiger partial charge in [-0.05, 0) is 30.9 Å². The maximum Gasteiger partial charge on any atom is 0.332 e. The van der Waals surface area contributed by atoms with E-state index in [9.17, 15) is 9.59 Å². The van der Waals surface area contributed by atoms with Gasteiger partial charge in [0.2, 0.25) is 0 Å². The van der Waals surface area contributed by atoms with E-state index in [1.165, 1.54) is 4.90 Å². The average Bonchev–Trinajstić information content (AvgIpc) is 2.64. The van der Waals surface area contributed by atoms with Crippen LogP contribution in [0.5, 0.6) is 0 Å². The fourth-order valence-corrected chi connectivity index (χ4v) is 2.95. The number of fused-ring (bicyclic) bond motifs is 1. The molecule has 2 saturated heterocycles. The number of urea groups is 1. The van der Waals surface area contributed by atoms with Crippen molar-refractivity contribution in [3.63, 3.8) is 0 Å². The zero-order valence-electron chi connectivity index (χ0n) is 10.4. The van der Waals surface area contributed by atoms with Crippen LogP contribution in [0.3, 0.4) is 0 Å². The van der Waals surface area contributed by atoms with Crippen LogP contribution in [0.25, 0.3) is 0 Å². The zero-order valence-corrected chi connectivity index (χ0v) is 10.4. The maximum absolute atomic E-state index is 12.4. The molecule has 2 fully saturated rings. The lowest BCUT2D eigenvalue weighted by Gasteiger charge is -2.31. The van der Waals surface area contributed by atoms with Gasteiger partial charge in [-0.1, -0.05) is 25.1 Å². The monoisotopic (exact) mass is 244 g/mol. The predicted octanol–water partition coefficient (Wildman–Crippen LogP) is 2.25. The van der Waals surface area contributed by atoms with Crippen LogP contribution in [0.4, 0.5) is 10.5 Å². The number of hydrogen-bond donors (Lipinski definition) is 0. The molecule has 0 bridgehead atoms. The minimum absolute atomic E-state index is 0.0709. The van der Waals surface area contributed by atoms with Gasteiger partial charge in [0.1, 0.15) is 6.04 Å². The lowest BCUT2D eigenvalue weighted by molar-refractivity contribution is -0.121. The fraction of sp³-hybridized carbons (Fsp3) is 0.429. The van der Waals surface area contributed by atoms with Crippen molar-refractivity contribution in [2.75, 3.05) is 11.4 Å². The first-order valence-corrected chi connectivity index (χ1v) is 6.40. The standard InChI is InChI=1S/C14H16N2O2/c1-10-6-5-9-15-12(10)13(17)16(14(15)18)11-7-3-2-4-8-11/h2-4,7-8,10,12H,5-6,9H2,1H3. The lowest BCUT2D eigenvalue weighted by Crippen LogP contribution is -2.44. The van der Waals surface area contributed by atoms with Gasteiger partial charge in [-0.3, -0.25) is 4.79 Å². The molecule has 0 saturated carbocycles.